The number of aromatic nitrogens is 3. The second-order valence-corrected chi connectivity index (χ2v) is 4.42. The molecule has 0 aliphatic carbocycles. The van der Waals surface area contributed by atoms with Crippen LogP contribution in [0.3, 0.4) is 0 Å². The molecule has 19 heavy (non-hydrogen) atoms. The summed E-state index contributed by atoms with van der Waals surface area (Å²) in [5.41, 5.74) is 1.11. The van der Waals surface area contributed by atoms with E-state index in [9.17, 15) is 4.79 Å². The predicted octanol–water partition coefficient (Wildman–Crippen LogP) is 2.20. The van der Waals surface area contributed by atoms with Crippen LogP contribution in [-0.2, 0) is 0 Å². The van der Waals surface area contributed by atoms with Crippen molar-refractivity contribution in [1.82, 2.24) is 15.0 Å². The number of ether oxygens (including phenoxy) is 1. The monoisotopic (exact) mass is 322 g/mol. The molecule has 1 amide bonds. The van der Waals surface area contributed by atoms with Gasteiger partial charge in [-0.15, -0.1) is 0 Å². The van der Waals surface area contributed by atoms with E-state index in [1.807, 2.05) is 0 Å². The average Bonchev–Trinajstić information content (AvgIpc) is 2.38. The molecule has 1 N–H and O–H groups in total. The second-order valence-electron chi connectivity index (χ2n) is 3.67. The van der Waals surface area contributed by atoms with E-state index in [0.717, 1.165) is 0 Å². The van der Waals surface area contributed by atoms with Crippen molar-refractivity contribution in [1.29, 1.82) is 0 Å². The molecular weight excluding hydrogens is 312 g/mol. The first-order valence-corrected chi connectivity index (χ1v) is 6.21. The van der Waals surface area contributed by atoms with Gasteiger partial charge in [0.25, 0.3) is 5.91 Å². The van der Waals surface area contributed by atoms with Gasteiger partial charge in [0.1, 0.15) is 4.60 Å². The van der Waals surface area contributed by atoms with Crippen LogP contribution in [0.1, 0.15) is 16.1 Å². The number of carbonyl (C=O) groups excluding carboxylic acids is 1. The Morgan fingerprint density at radius 3 is 2.89 bits per heavy atom. The summed E-state index contributed by atoms with van der Waals surface area (Å²) in [6, 6.07) is 5.01. The Bertz CT molecular complexity index is 618. The maximum atomic E-state index is 12.0. The molecule has 6 nitrogen and oxygen atoms in total. The van der Waals surface area contributed by atoms with Gasteiger partial charge in [-0.3, -0.25) is 10.1 Å². The summed E-state index contributed by atoms with van der Waals surface area (Å²) < 4.78 is 5.49. The third-order valence-corrected chi connectivity index (χ3v) is 2.90. The topological polar surface area (TPSA) is 77.0 Å². The van der Waals surface area contributed by atoms with E-state index in [0.29, 0.717) is 21.7 Å². The zero-order valence-electron chi connectivity index (χ0n) is 10.3. The molecule has 2 heterocycles. The number of carbonyl (C=O) groups is 1. The highest BCUT2D eigenvalue weighted by molar-refractivity contribution is 9.10. The Hall–Kier alpha value is -2.02. The summed E-state index contributed by atoms with van der Waals surface area (Å²) in [7, 11) is 1.51. The molecule has 2 aromatic heterocycles. The van der Waals surface area contributed by atoms with Crippen molar-refractivity contribution in [2.75, 3.05) is 12.4 Å². The highest BCUT2D eigenvalue weighted by Gasteiger charge is 2.12. The number of nitrogens with one attached hydrogen (secondary N) is 1. The lowest BCUT2D eigenvalue weighted by Crippen LogP contribution is -2.15. The molecule has 0 aliphatic heterocycles. The number of aryl methyl sites for hydroxylation is 1. The van der Waals surface area contributed by atoms with Gasteiger partial charge in [-0.25, -0.2) is 9.97 Å². The van der Waals surface area contributed by atoms with Crippen molar-refractivity contribution in [2.24, 2.45) is 0 Å². The van der Waals surface area contributed by atoms with Crippen LogP contribution in [0.4, 0.5) is 5.95 Å². The zero-order chi connectivity index (χ0) is 13.8. The van der Waals surface area contributed by atoms with Gasteiger partial charge < -0.3 is 4.74 Å². The van der Waals surface area contributed by atoms with E-state index in [1.165, 1.54) is 7.11 Å². The van der Waals surface area contributed by atoms with E-state index in [2.05, 4.69) is 36.2 Å². The molecule has 0 saturated heterocycles. The van der Waals surface area contributed by atoms with Gasteiger partial charge in [0.2, 0.25) is 11.8 Å². The number of anilines is 1. The van der Waals surface area contributed by atoms with Crippen molar-refractivity contribution in [3.05, 3.63) is 40.3 Å². The molecule has 0 atom stereocenters. The number of rotatable bonds is 3. The third-order valence-electron chi connectivity index (χ3n) is 2.27. The van der Waals surface area contributed by atoms with Crippen LogP contribution in [0.25, 0.3) is 0 Å². The first kappa shape index (κ1) is 13.4. The van der Waals surface area contributed by atoms with Crippen LogP contribution >= 0.6 is 15.9 Å². The number of nitrogens with zero attached hydrogens (tertiary/aromatic N) is 3. The van der Waals surface area contributed by atoms with Crippen molar-refractivity contribution < 1.29 is 9.53 Å². The zero-order valence-corrected chi connectivity index (χ0v) is 11.9. The van der Waals surface area contributed by atoms with Crippen LogP contribution < -0.4 is 10.1 Å². The van der Waals surface area contributed by atoms with Crippen LogP contribution in [-0.4, -0.2) is 28.0 Å². The third kappa shape index (κ3) is 3.25. The van der Waals surface area contributed by atoms with Gasteiger partial charge in [0.15, 0.2) is 0 Å². The predicted molar refractivity (Wildman–Crippen MR) is 73.2 cm³/mol. The minimum Gasteiger partial charge on any atom is -0.481 e. The number of hydrogen-bond acceptors (Lipinski definition) is 5. The molecular formula is C12H11BrN4O2. The Labute approximate surface area is 118 Å². The molecule has 0 radical (unpaired) electrons. The normalized spacial score (nSPS) is 10.1. The maximum Gasteiger partial charge on any atom is 0.260 e. The highest BCUT2D eigenvalue weighted by Crippen LogP contribution is 2.15. The molecule has 98 valence electrons. The summed E-state index contributed by atoms with van der Waals surface area (Å²) in [5.74, 6) is 0.248. The largest absolute Gasteiger partial charge is 0.481 e. The fourth-order valence-corrected chi connectivity index (χ4v) is 1.85. The molecule has 2 rings (SSSR count). The standard InChI is InChI=1S/C12H11BrN4O2/c1-7-6-9(19-2)16-12(15-7)17-11(18)8-4-3-5-14-10(8)13/h3-6H,1-2H3,(H,15,16,17,18). The smallest absolute Gasteiger partial charge is 0.260 e. The van der Waals surface area contributed by atoms with Gasteiger partial charge in [-0.05, 0) is 35.0 Å². The summed E-state index contributed by atoms with van der Waals surface area (Å²) in [6.07, 6.45) is 1.59. The quantitative estimate of drug-likeness (QED) is 0.876. The molecule has 7 heteroatoms. The summed E-state index contributed by atoms with van der Waals surface area (Å²) >= 11 is 3.22. The lowest BCUT2D eigenvalue weighted by molar-refractivity contribution is 0.102. The van der Waals surface area contributed by atoms with Crippen molar-refractivity contribution >= 4 is 27.8 Å². The Morgan fingerprint density at radius 1 is 1.42 bits per heavy atom. The average molecular weight is 323 g/mol. The Morgan fingerprint density at radius 2 is 2.21 bits per heavy atom. The van der Waals surface area contributed by atoms with E-state index in [1.54, 1.807) is 31.3 Å². The number of pyridine rings is 1. The van der Waals surface area contributed by atoms with E-state index < -0.39 is 0 Å². The lowest BCUT2D eigenvalue weighted by Gasteiger charge is -2.07. The van der Waals surface area contributed by atoms with E-state index >= 15 is 0 Å². The molecule has 0 fully saturated rings. The molecule has 2 aromatic rings. The van der Waals surface area contributed by atoms with Crippen molar-refractivity contribution in [3.63, 3.8) is 0 Å². The molecule has 0 aliphatic rings. The fraction of sp³-hybridized carbons (Fsp3) is 0.167. The van der Waals surface area contributed by atoms with Crippen LogP contribution in [0.15, 0.2) is 29.0 Å². The van der Waals surface area contributed by atoms with E-state index in [-0.39, 0.29) is 11.9 Å². The Kier molecular flexibility index (Phi) is 4.06. The van der Waals surface area contributed by atoms with E-state index in [4.69, 9.17) is 4.74 Å². The van der Waals surface area contributed by atoms with Gasteiger partial charge in [0.05, 0.1) is 12.7 Å². The van der Waals surface area contributed by atoms with Crippen molar-refractivity contribution in [3.8, 4) is 5.88 Å². The van der Waals surface area contributed by atoms with Gasteiger partial charge in [-0.1, -0.05) is 0 Å². The highest BCUT2D eigenvalue weighted by atomic mass is 79.9. The number of halogens is 1. The molecule has 0 bridgehead atoms. The second kappa shape index (κ2) is 5.75. The van der Waals surface area contributed by atoms with Crippen LogP contribution in [0.2, 0.25) is 0 Å². The SMILES string of the molecule is COc1cc(C)nc(NC(=O)c2cccnc2Br)n1. The molecule has 0 unspecified atom stereocenters. The number of amides is 1. The van der Waals surface area contributed by atoms with Crippen molar-refractivity contribution in [2.45, 2.75) is 6.92 Å². The number of hydrogen-bond donors (Lipinski definition) is 1. The first-order valence-electron chi connectivity index (χ1n) is 5.41. The Balaban J connectivity index is 2.24. The van der Waals surface area contributed by atoms with Gasteiger partial charge >= 0.3 is 0 Å². The van der Waals surface area contributed by atoms with Crippen LogP contribution in [0.5, 0.6) is 5.88 Å². The summed E-state index contributed by atoms with van der Waals surface area (Å²) in [4.78, 5) is 24.2. The molecule has 0 saturated carbocycles. The minimum atomic E-state index is -0.340. The minimum absolute atomic E-state index is 0.192. The molecule has 0 spiro atoms. The fourth-order valence-electron chi connectivity index (χ4n) is 1.42. The number of methoxy groups -OCH3 is 1. The van der Waals surface area contributed by atoms with Crippen LogP contribution in [0, 0.1) is 6.92 Å². The van der Waals surface area contributed by atoms with Gasteiger partial charge in [0, 0.05) is 18.0 Å². The van der Waals surface area contributed by atoms with Gasteiger partial charge in [-0.2, -0.15) is 4.98 Å². The molecule has 0 aromatic carbocycles. The first-order chi connectivity index (χ1) is 9.10. The lowest BCUT2D eigenvalue weighted by atomic mass is 10.3. The summed E-state index contributed by atoms with van der Waals surface area (Å²) in [6.45, 7) is 1.79. The summed E-state index contributed by atoms with van der Waals surface area (Å²) in [5, 5.41) is 2.60. The maximum absolute atomic E-state index is 12.0.